The minimum absolute atomic E-state index is 0.218. The zero-order chi connectivity index (χ0) is 23.8. The van der Waals surface area contributed by atoms with E-state index in [-0.39, 0.29) is 5.56 Å². The van der Waals surface area contributed by atoms with E-state index in [1.807, 2.05) is 24.3 Å². The van der Waals surface area contributed by atoms with Gasteiger partial charge in [0.25, 0.3) is 5.56 Å². The van der Waals surface area contributed by atoms with Gasteiger partial charge in [-0.25, -0.2) is 4.79 Å². The van der Waals surface area contributed by atoms with Gasteiger partial charge in [-0.15, -0.1) is 0 Å². The van der Waals surface area contributed by atoms with Crippen LogP contribution in [0.15, 0.2) is 65.6 Å². The van der Waals surface area contributed by atoms with Gasteiger partial charge in [0.2, 0.25) is 0 Å². The maximum atomic E-state index is 13.5. The van der Waals surface area contributed by atoms with Crippen LogP contribution < -0.4 is 15.0 Å². The lowest BCUT2D eigenvalue weighted by atomic mass is 9.77. The lowest BCUT2D eigenvalue weighted by Crippen LogP contribution is -2.50. The molecule has 7 heteroatoms. The summed E-state index contributed by atoms with van der Waals surface area (Å²) in [5, 5.41) is 11.2. The van der Waals surface area contributed by atoms with Crippen molar-refractivity contribution in [3.05, 3.63) is 93.4 Å². The summed E-state index contributed by atoms with van der Waals surface area (Å²) < 4.78 is 17.7. The molecule has 1 aliphatic heterocycles. The summed E-state index contributed by atoms with van der Waals surface area (Å²) in [5.41, 5.74) is 1.11. The molecule has 4 rings (SSSR count). The number of ether oxygens (including phenoxy) is 3. The third kappa shape index (κ3) is 4.24. The van der Waals surface area contributed by atoms with Crippen LogP contribution in [0, 0.1) is 0 Å². The molecule has 1 aliphatic rings. The molecule has 2 atom stereocenters. The number of benzene rings is 2. The summed E-state index contributed by atoms with van der Waals surface area (Å²) in [5.74, 6) is 0.0864. The number of hydrogen-bond acceptors (Lipinski definition) is 6. The van der Waals surface area contributed by atoms with Crippen LogP contribution in [0.1, 0.15) is 46.8 Å². The van der Waals surface area contributed by atoms with Crippen molar-refractivity contribution in [1.29, 1.82) is 0 Å². The van der Waals surface area contributed by atoms with Gasteiger partial charge >= 0.3 is 5.97 Å². The number of carbonyl (C=O) groups excluding carboxylic acids is 1. The average Bonchev–Trinajstić information content (AvgIpc) is 2.81. The Hall–Kier alpha value is -3.58. The van der Waals surface area contributed by atoms with Gasteiger partial charge in [-0.1, -0.05) is 18.2 Å². The van der Waals surface area contributed by atoms with Gasteiger partial charge in [0.1, 0.15) is 23.2 Å². The summed E-state index contributed by atoms with van der Waals surface area (Å²) in [4.78, 5) is 25.7. The van der Waals surface area contributed by atoms with E-state index < -0.39 is 23.6 Å². The minimum Gasteiger partial charge on any atom is -0.497 e. The number of rotatable bonds is 5. The molecular weight excluding hydrogens is 422 g/mol. The van der Waals surface area contributed by atoms with Crippen molar-refractivity contribution in [2.75, 3.05) is 14.2 Å². The number of pyridine rings is 1. The first-order chi connectivity index (χ1) is 15.7. The third-order valence-electron chi connectivity index (χ3n) is 6.06. The van der Waals surface area contributed by atoms with Gasteiger partial charge < -0.3 is 23.9 Å². The van der Waals surface area contributed by atoms with Gasteiger partial charge in [-0.05, 0) is 55.8 Å². The molecule has 172 valence electrons. The SMILES string of the molecule is COC(=O)c1ccc2c(c1)C(c1cccn(Cc3ccc(OC)cc3)c1=O)C(O)C(C)(C)O2. The van der Waals surface area contributed by atoms with Crippen molar-refractivity contribution >= 4 is 5.97 Å². The Morgan fingerprint density at radius 2 is 1.82 bits per heavy atom. The smallest absolute Gasteiger partial charge is 0.337 e. The first-order valence-corrected chi connectivity index (χ1v) is 10.7. The number of nitrogens with zero attached hydrogens (tertiary/aromatic N) is 1. The maximum Gasteiger partial charge on any atom is 0.337 e. The van der Waals surface area contributed by atoms with Crippen molar-refractivity contribution in [1.82, 2.24) is 4.57 Å². The summed E-state index contributed by atoms with van der Waals surface area (Å²) in [6, 6.07) is 15.9. The second kappa shape index (κ2) is 8.75. The molecule has 7 nitrogen and oxygen atoms in total. The predicted molar refractivity (Wildman–Crippen MR) is 123 cm³/mol. The van der Waals surface area contributed by atoms with Crippen molar-refractivity contribution in [3.8, 4) is 11.5 Å². The summed E-state index contributed by atoms with van der Waals surface area (Å²) in [7, 11) is 2.91. The third-order valence-corrected chi connectivity index (χ3v) is 6.06. The van der Waals surface area contributed by atoms with Gasteiger partial charge in [0.15, 0.2) is 0 Å². The number of carbonyl (C=O) groups is 1. The molecule has 0 bridgehead atoms. The molecule has 0 fully saturated rings. The van der Waals surface area contributed by atoms with Crippen LogP contribution in [-0.2, 0) is 11.3 Å². The highest BCUT2D eigenvalue weighted by Gasteiger charge is 2.44. The van der Waals surface area contributed by atoms with E-state index in [9.17, 15) is 14.7 Å². The van der Waals surface area contributed by atoms with Crippen LogP contribution in [0.4, 0.5) is 0 Å². The van der Waals surface area contributed by atoms with E-state index in [0.29, 0.717) is 29.0 Å². The molecule has 0 spiro atoms. The van der Waals surface area contributed by atoms with E-state index in [1.165, 1.54) is 7.11 Å². The summed E-state index contributed by atoms with van der Waals surface area (Å²) in [6.07, 6.45) is 0.709. The minimum atomic E-state index is -1.01. The molecule has 2 heterocycles. The first kappa shape index (κ1) is 22.6. The second-order valence-electron chi connectivity index (χ2n) is 8.62. The van der Waals surface area contributed by atoms with Crippen LogP contribution in [-0.4, -0.2) is 41.6 Å². The standard InChI is InChI=1S/C26H27NO6/c1-26(2)23(28)22(20-14-17(25(30)32-4)9-12-21(20)33-26)19-6-5-13-27(24(19)29)15-16-7-10-18(31-3)11-8-16/h5-14,22-23,28H,15H2,1-4H3. The molecular formula is C26H27NO6. The van der Waals surface area contributed by atoms with Crippen LogP contribution in [0.3, 0.4) is 0 Å². The molecule has 2 aromatic carbocycles. The molecule has 0 saturated carbocycles. The highest BCUT2D eigenvalue weighted by molar-refractivity contribution is 5.90. The van der Waals surface area contributed by atoms with Gasteiger partial charge in [0, 0.05) is 23.2 Å². The zero-order valence-electron chi connectivity index (χ0n) is 19.1. The molecule has 0 radical (unpaired) electrons. The quantitative estimate of drug-likeness (QED) is 0.601. The van der Waals surface area contributed by atoms with E-state index >= 15 is 0 Å². The van der Waals surface area contributed by atoms with Crippen LogP contribution >= 0.6 is 0 Å². The number of hydrogen-bond donors (Lipinski definition) is 1. The Kier molecular flexibility index (Phi) is 5.99. The molecule has 33 heavy (non-hydrogen) atoms. The number of aliphatic hydroxyl groups excluding tert-OH is 1. The number of fused-ring (bicyclic) bond motifs is 1. The number of esters is 1. The molecule has 0 amide bonds. The predicted octanol–water partition coefficient (Wildman–Crippen LogP) is 3.36. The average molecular weight is 450 g/mol. The number of methoxy groups -OCH3 is 2. The summed E-state index contributed by atoms with van der Waals surface area (Å²) >= 11 is 0. The van der Waals surface area contributed by atoms with E-state index in [4.69, 9.17) is 14.2 Å². The Morgan fingerprint density at radius 3 is 2.48 bits per heavy atom. The van der Waals surface area contributed by atoms with E-state index in [1.54, 1.807) is 62.1 Å². The first-order valence-electron chi connectivity index (χ1n) is 10.7. The molecule has 1 aromatic heterocycles. The van der Waals surface area contributed by atoms with Crippen LogP contribution in [0.25, 0.3) is 0 Å². The fourth-order valence-electron chi connectivity index (χ4n) is 4.23. The van der Waals surface area contributed by atoms with Crippen molar-refractivity contribution in [3.63, 3.8) is 0 Å². The zero-order valence-corrected chi connectivity index (χ0v) is 19.1. The van der Waals surface area contributed by atoms with Gasteiger partial charge in [-0.3, -0.25) is 4.79 Å². The Morgan fingerprint density at radius 1 is 1.09 bits per heavy atom. The maximum absolute atomic E-state index is 13.5. The van der Waals surface area contributed by atoms with Crippen molar-refractivity contribution in [2.45, 2.75) is 38.0 Å². The Balaban J connectivity index is 1.80. The van der Waals surface area contributed by atoms with Crippen molar-refractivity contribution < 1.29 is 24.1 Å². The van der Waals surface area contributed by atoms with E-state index in [2.05, 4.69) is 0 Å². The molecule has 0 saturated heterocycles. The molecule has 0 aliphatic carbocycles. The molecule has 1 N–H and O–H groups in total. The molecule has 2 unspecified atom stereocenters. The number of aliphatic hydroxyl groups is 1. The van der Waals surface area contributed by atoms with Gasteiger partial charge in [-0.2, -0.15) is 0 Å². The Bertz CT molecular complexity index is 1230. The highest BCUT2D eigenvalue weighted by atomic mass is 16.5. The lowest BCUT2D eigenvalue weighted by molar-refractivity contribution is -0.0514. The van der Waals surface area contributed by atoms with Gasteiger partial charge in [0.05, 0.1) is 26.3 Å². The highest BCUT2D eigenvalue weighted by Crippen LogP contribution is 2.44. The fraction of sp³-hybridized carbons (Fsp3) is 0.308. The van der Waals surface area contributed by atoms with E-state index in [0.717, 1.165) is 11.3 Å². The second-order valence-corrected chi connectivity index (χ2v) is 8.62. The summed E-state index contributed by atoms with van der Waals surface area (Å²) in [6.45, 7) is 3.93. The van der Waals surface area contributed by atoms with Crippen molar-refractivity contribution in [2.24, 2.45) is 0 Å². The van der Waals surface area contributed by atoms with Crippen LogP contribution in [0.5, 0.6) is 11.5 Å². The molecule has 3 aromatic rings. The lowest BCUT2D eigenvalue weighted by Gasteiger charge is -2.42. The fourth-order valence-corrected chi connectivity index (χ4v) is 4.23. The topological polar surface area (TPSA) is 87.0 Å². The number of aromatic nitrogens is 1. The largest absolute Gasteiger partial charge is 0.497 e. The Labute approximate surface area is 192 Å². The van der Waals surface area contributed by atoms with Crippen LogP contribution in [0.2, 0.25) is 0 Å². The normalized spacial score (nSPS) is 18.7. The monoisotopic (exact) mass is 449 g/mol.